The fourth-order valence-electron chi connectivity index (χ4n) is 3.92. The first-order valence-electron chi connectivity index (χ1n) is 9.92. The molecule has 2 aromatic carbocycles. The van der Waals surface area contributed by atoms with Crippen LogP contribution in [0.5, 0.6) is 0 Å². The molecular formula is C24H19N5O2. The van der Waals surface area contributed by atoms with Crippen LogP contribution < -0.4 is 16.0 Å². The van der Waals surface area contributed by atoms with Crippen LogP contribution >= 0.6 is 0 Å². The Labute approximate surface area is 178 Å². The lowest BCUT2D eigenvalue weighted by atomic mass is 10.0. The van der Waals surface area contributed by atoms with E-state index in [1.54, 1.807) is 18.3 Å². The van der Waals surface area contributed by atoms with Crippen LogP contribution in [0.2, 0.25) is 0 Å². The number of primary amides is 1. The minimum atomic E-state index is -0.471. The second kappa shape index (κ2) is 7.53. The summed E-state index contributed by atoms with van der Waals surface area (Å²) in [5.41, 5.74) is 10.4. The Morgan fingerprint density at radius 2 is 1.81 bits per heavy atom. The van der Waals surface area contributed by atoms with E-state index >= 15 is 0 Å². The lowest BCUT2D eigenvalue weighted by Crippen LogP contribution is -2.33. The summed E-state index contributed by atoms with van der Waals surface area (Å²) in [7, 11) is 0. The van der Waals surface area contributed by atoms with E-state index in [2.05, 4.69) is 15.3 Å². The van der Waals surface area contributed by atoms with Crippen LogP contribution in [0.3, 0.4) is 0 Å². The predicted octanol–water partition coefficient (Wildman–Crippen LogP) is 3.99. The number of benzene rings is 2. The van der Waals surface area contributed by atoms with Crippen LogP contribution in [-0.4, -0.2) is 28.5 Å². The molecule has 0 spiro atoms. The molecule has 7 nitrogen and oxygen atoms in total. The van der Waals surface area contributed by atoms with Crippen LogP contribution in [0.1, 0.15) is 15.9 Å². The summed E-state index contributed by atoms with van der Waals surface area (Å²) in [6.07, 6.45) is 2.40. The van der Waals surface area contributed by atoms with Gasteiger partial charge in [-0.1, -0.05) is 24.3 Å². The maximum absolute atomic E-state index is 13.2. The van der Waals surface area contributed by atoms with Crippen molar-refractivity contribution >= 4 is 34.2 Å². The second-order valence-corrected chi connectivity index (χ2v) is 7.32. The highest BCUT2D eigenvalue weighted by Gasteiger charge is 2.23. The summed E-state index contributed by atoms with van der Waals surface area (Å²) in [6, 6.07) is 19.9. The van der Waals surface area contributed by atoms with Crippen molar-refractivity contribution in [2.24, 2.45) is 5.73 Å². The van der Waals surface area contributed by atoms with E-state index < -0.39 is 6.03 Å². The summed E-state index contributed by atoms with van der Waals surface area (Å²) >= 11 is 0. The molecule has 0 unspecified atom stereocenters. The first-order valence-corrected chi connectivity index (χ1v) is 9.92. The molecule has 5 rings (SSSR count). The summed E-state index contributed by atoms with van der Waals surface area (Å²) < 4.78 is 0. The Bertz CT molecular complexity index is 1320. The Morgan fingerprint density at radius 1 is 0.968 bits per heavy atom. The maximum Gasteiger partial charge on any atom is 0.319 e. The van der Waals surface area contributed by atoms with Gasteiger partial charge in [-0.25, -0.2) is 9.78 Å². The third kappa shape index (κ3) is 3.46. The quantitative estimate of drug-likeness (QED) is 0.534. The first kappa shape index (κ1) is 18.7. The zero-order valence-corrected chi connectivity index (χ0v) is 16.6. The molecule has 4 aromatic rings. The monoisotopic (exact) mass is 409 g/mol. The molecule has 0 atom stereocenters. The minimum absolute atomic E-state index is 0.236. The van der Waals surface area contributed by atoms with E-state index in [0.29, 0.717) is 35.6 Å². The van der Waals surface area contributed by atoms with Gasteiger partial charge in [-0.2, -0.15) is 0 Å². The van der Waals surface area contributed by atoms with E-state index in [1.165, 1.54) is 4.90 Å². The SMILES string of the molecule is NC(=O)N1CCc2cc(NC(=O)c3cc(-c4ccccn4)nc4ccccc34)ccc21. The molecule has 0 bridgehead atoms. The first-order chi connectivity index (χ1) is 15.1. The number of rotatable bonds is 3. The van der Waals surface area contributed by atoms with Gasteiger partial charge < -0.3 is 11.1 Å². The molecule has 7 heteroatoms. The molecular weight excluding hydrogens is 390 g/mol. The van der Waals surface area contributed by atoms with Crippen molar-refractivity contribution in [1.29, 1.82) is 0 Å². The average Bonchev–Trinajstić information content (AvgIpc) is 3.22. The number of hydrogen-bond donors (Lipinski definition) is 2. The topological polar surface area (TPSA) is 101 Å². The molecule has 31 heavy (non-hydrogen) atoms. The van der Waals surface area contributed by atoms with Crippen LogP contribution in [0, 0.1) is 0 Å². The number of nitrogens with zero attached hydrogens (tertiary/aromatic N) is 3. The molecule has 3 heterocycles. The third-order valence-electron chi connectivity index (χ3n) is 5.39. The van der Waals surface area contributed by atoms with Crippen molar-refractivity contribution in [3.8, 4) is 11.4 Å². The number of urea groups is 1. The number of para-hydroxylation sites is 1. The smallest absolute Gasteiger partial charge is 0.319 e. The van der Waals surface area contributed by atoms with Gasteiger partial charge in [-0.3, -0.25) is 14.7 Å². The second-order valence-electron chi connectivity index (χ2n) is 7.32. The molecule has 1 aliphatic rings. The van der Waals surface area contributed by atoms with Crippen LogP contribution in [-0.2, 0) is 6.42 Å². The van der Waals surface area contributed by atoms with E-state index in [9.17, 15) is 9.59 Å². The van der Waals surface area contributed by atoms with Gasteiger partial charge in [0.15, 0.2) is 0 Å². The van der Waals surface area contributed by atoms with Crippen molar-refractivity contribution in [2.75, 3.05) is 16.8 Å². The van der Waals surface area contributed by atoms with Gasteiger partial charge in [-0.15, -0.1) is 0 Å². The molecule has 1 aliphatic heterocycles. The van der Waals surface area contributed by atoms with Crippen molar-refractivity contribution < 1.29 is 9.59 Å². The summed E-state index contributed by atoms with van der Waals surface area (Å²) in [6.45, 7) is 0.546. The summed E-state index contributed by atoms with van der Waals surface area (Å²) in [5, 5.41) is 3.75. The number of carbonyl (C=O) groups excluding carboxylic acids is 2. The lowest BCUT2D eigenvalue weighted by Gasteiger charge is -2.15. The lowest BCUT2D eigenvalue weighted by molar-refractivity contribution is 0.102. The van der Waals surface area contributed by atoms with Gasteiger partial charge in [0.25, 0.3) is 5.91 Å². The Hall–Kier alpha value is -4.26. The van der Waals surface area contributed by atoms with E-state index in [4.69, 9.17) is 5.73 Å². The number of anilines is 2. The molecule has 0 fully saturated rings. The summed E-state index contributed by atoms with van der Waals surface area (Å²) in [4.78, 5) is 35.4. The molecule has 0 saturated heterocycles. The molecule has 0 aliphatic carbocycles. The Balaban J connectivity index is 1.51. The predicted molar refractivity (Wildman–Crippen MR) is 120 cm³/mol. The molecule has 0 saturated carbocycles. The van der Waals surface area contributed by atoms with Gasteiger partial charge >= 0.3 is 6.03 Å². The van der Waals surface area contributed by atoms with Gasteiger partial charge in [0, 0.05) is 29.5 Å². The van der Waals surface area contributed by atoms with E-state index in [1.807, 2.05) is 54.6 Å². The van der Waals surface area contributed by atoms with Crippen LogP contribution in [0.15, 0.2) is 72.9 Å². The van der Waals surface area contributed by atoms with Gasteiger partial charge in [0.2, 0.25) is 0 Å². The van der Waals surface area contributed by atoms with Crippen molar-refractivity contribution in [3.63, 3.8) is 0 Å². The molecule has 3 N–H and O–H groups in total. The van der Waals surface area contributed by atoms with Crippen molar-refractivity contribution in [2.45, 2.75) is 6.42 Å². The molecule has 2 aromatic heterocycles. The number of nitrogens with one attached hydrogen (secondary N) is 1. The standard InChI is InChI=1S/C24H19N5O2/c25-24(31)29-12-10-15-13-16(8-9-22(15)29)27-23(30)18-14-21(20-7-3-4-11-26-20)28-19-6-2-1-5-17(18)19/h1-9,11,13-14H,10,12H2,(H2,25,31)(H,27,30). The van der Waals surface area contributed by atoms with Crippen LogP contribution in [0.25, 0.3) is 22.3 Å². The van der Waals surface area contributed by atoms with Crippen LogP contribution in [0.4, 0.5) is 16.2 Å². The number of carbonyl (C=O) groups is 2. The van der Waals surface area contributed by atoms with E-state index in [0.717, 1.165) is 22.2 Å². The number of pyridine rings is 2. The molecule has 0 radical (unpaired) electrons. The third-order valence-corrected chi connectivity index (χ3v) is 5.39. The number of amides is 3. The highest BCUT2D eigenvalue weighted by atomic mass is 16.2. The number of fused-ring (bicyclic) bond motifs is 2. The van der Waals surface area contributed by atoms with Crippen molar-refractivity contribution in [1.82, 2.24) is 9.97 Å². The fourth-order valence-corrected chi connectivity index (χ4v) is 3.92. The Kier molecular flexibility index (Phi) is 4.55. The van der Waals surface area contributed by atoms with Gasteiger partial charge in [0.05, 0.1) is 22.5 Å². The average molecular weight is 409 g/mol. The molecule has 3 amide bonds. The van der Waals surface area contributed by atoms with Crippen molar-refractivity contribution in [3.05, 3.63) is 84.1 Å². The maximum atomic E-state index is 13.2. The zero-order valence-electron chi connectivity index (χ0n) is 16.6. The number of nitrogens with two attached hydrogens (primary N) is 1. The number of aromatic nitrogens is 2. The largest absolute Gasteiger partial charge is 0.351 e. The summed E-state index contributed by atoms with van der Waals surface area (Å²) in [5.74, 6) is -0.236. The van der Waals surface area contributed by atoms with E-state index in [-0.39, 0.29) is 5.91 Å². The van der Waals surface area contributed by atoms with Gasteiger partial charge in [-0.05, 0) is 54.4 Å². The van der Waals surface area contributed by atoms with Gasteiger partial charge in [0.1, 0.15) is 0 Å². The zero-order chi connectivity index (χ0) is 21.4. The fraction of sp³-hybridized carbons (Fsp3) is 0.0833. The number of hydrogen-bond acceptors (Lipinski definition) is 4. The normalized spacial score (nSPS) is 12.6. The minimum Gasteiger partial charge on any atom is -0.351 e. The molecule has 152 valence electrons. The highest BCUT2D eigenvalue weighted by molar-refractivity contribution is 6.13. The highest BCUT2D eigenvalue weighted by Crippen LogP contribution is 2.31. The Morgan fingerprint density at radius 3 is 2.61 bits per heavy atom.